The summed E-state index contributed by atoms with van der Waals surface area (Å²) in [6.45, 7) is 0.547. The monoisotopic (exact) mass is 425 g/mol. The van der Waals surface area contributed by atoms with Gasteiger partial charge in [0.05, 0.1) is 16.1 Å². The van der Waals surface area contributed by atoms with E-state index in [0.29, 0.717) is 17.1 Å². The number of para-hydroxylation sites is 1. The number of primary amides is 1. The van der Waals surface area contributed by atoms with Crippen LogP contribution < -0.4 is 10.5 Å². The number of amides is 1. The topological polar surface area (TPSA) is 57.2 Å². The first-order chi connectivity index (χ1) is 15.1. The number of hydrogen-bond donors (Lipinski definition) is 1. The van der Waals surface area contributed by atoms with E-state index in [1.165, 1.54) is 0 Å². The van der Waals surface area contributed by atoms with Crippen molar-refractivity contribution in [3.8, 4) is 11.5 Å². The van der Waals surface area contributed by atoms with Crippen LogP contribution in [0.15, 0.2) is 84.9 Å². The maximum absolute atomic E-state index is 12.1. The third-order valence-electron chi connectivity index (χ3n) is 5.26. The summed E-state index contributed by atoms with van der Waals surface area (Å²) in [4.78, 5) is 12.1. The largest absolute Gasteiger partial charge is 0.457 e. The zero-order chi connectivity index (χ0) is 21.4. The van der Waals surface area contributed by atoms with Gasteiger partial charge in [-0.2, -0.15) is 0 Å². The van der Waals surface area contributed by atoms with E-state index in [9.17, 15) is 4.79 Å². The number of aromatic nitrogens is 1. The lowest BCUT2D eigenvalue weighted by molar-refractivity contribution is 0.100. The average Bonchev–Trinajstić information content (AvgIpc) is 3.10. The molecule has 0 unspecified atom stereocenters. The van der Waals surface area contributed by atoms with Crippen LogP contribution in [0.1, 0.15) is 15.9 Å². The molecule has 1 heterocycles. The fraction of sp³-hybridized carbons (Fsp3) is 0.0385. The zero-order valence-electron chi connectivity index (χ0n) is 16.5. The molecule has 31 heavy (non-hydrogen) atoms. The molecule has 0 bridgehead atoms. The second-order valence-electron chi connectivity index (χ2n) is 7.26. The second kappa shape index (κ2) is 7.82. The first kappa shape index (κ1) is 19.2. The molecule has 0 aliphatic carbocycles. The minimum absolute atomic E-state index is 0.459. The van der Waals surface area contributed by atoms with Gasteiger partial charge in [-0.05, 0) is 54.1 Å². The van der Waals surface area contributed by atoms with Crippen molar-refractivity contribution in [2.75, 3.05) is 0 Å². The Morgan fingerprint density at radius 2 is 1.74 bits per heavy atom. The van der Waals surface area contributed by atoms with Gasteiger partial charge >= 0.3 is 0 Å². The highest BCUT2D eigenvalue weighted by atomic mass is 35.5. The second-order valence-corrected chi connectivity index (χ2v) is 7.67. The zero-order valence-corrected chi connectivity index (χ0v) is 17.3. The Kier molecular flexibility index (Phi) is 4.85. The van der Waals surface area contributed by atoms with Crippen molar-refractivity contribution >= 4 is 39.3 Å². The van der Waals surface area contributed by atoms with E-state index in [1.54, 1.807) is 18.2 Å². The summed E-state index contributed by atoms with van der Waals surface area (Å²) in [5.41, 5.74) is 8.85. The van der Waals surface area contributed by atoms with Crippen LogP contribution in [0.25, 0.3) is 21.8 Å². The first-order valence-electron chi connectivity index (χ1n) is 9.84. The summed E-state index contributed by atoms with van der Waals surface area (Å²) in [6.07, 6.45) is 0. The van der Waals surface area contributed by atoms with Crippen LogP contribution in [0.4, 0.5) is 0 Å². The van der Waals surface area contributed by atoms with Crippen molar-refractivity contribution in [1.29, 1.82) is 0 Å². The number of ether oxygens (including phenoxy) is 1. The van der Waals surface area contributed by atoms with Crippen LogP contribution in [-0.4, -0.2) is 10.5 Å². The Labute approximate surface area is 184 Å². The summed E-state index contributed by atoms with van der Waals surface area (Å²) in [7, 11) is 0. The number of benzene rings is 4. The fourth-order valence-corrected chi connectivity index (χ4v) is 4.21. The van der Waals surface area contributed by atoms with E-state index in [-0.39, 0.29) is 0 Å². The summed E-state index contributed by atoms with van der Waals surface area (Å²) in [5.74, 6) is 1.05. The maximum Gasteiger partial charge on any atom is 0.249 e. The molecule has 4 aromatic carbocycles. The van der Waals surface area contributed by atoms with E-state index in [0.717, 1.165) is 38.9 Å². The van der Waals surface area contributed by atoms with Gasteiger partial charge < -0.3 is 15.0 Å². The number of carbonyl (C=O) groups excluding carboxylic acids is 1. The quantitative estimate of drug-likeness (QED) is 0.365. The molecule has 0 saturated heterocycles. The lowest BCUT2D eigenvalue weighted by Crippen LogP contribution is -2.11. The number of halogens is 1. The molecular weight excluding hydrogens is 408 g/mol. The summed E-state index contributed by atoms with van der Waals surface area (Å²) in [5, 5.41) is 2.15. The molecule has 0 saturated carbocycles. The van der Waals surface area contributed by atoms with Gasteiger partial charge in [-0.1, -0.05) is 54.1 Å². The summed E-state index contributed by atoms with van der Waals surface area (Å²) < 4.78 is 8.08. The van der Waals surface area contributed by atoms with Gasteiger partial charge in [0.1, 0.15) is 11.5 Å². The number of hydrogen-bond acceptors (Lipinski definition) is 2. The van der Waals surface area contributed by atoms with Gasteiger partial charge in [-0.3, -0.25) is 4.79 Å². The van der Waals surface area contributed by atoms with Crippen molar-refractivity contribution in [2.45, 2.75) is 6.54 Å². The predicted molar refractivity (Wildman–Crippen MR) is 124 cm³/mol. The number of nitrogens with two attached hydrogens (primary N) is 1. The van der Waals surface area contributed by atoms with Crippen molar-refractivity contribution in [1.82, 2.24) is 4.57 Å². The normalized spacial score (nSPS) is 11.1. The number of rotatable bonds is 5. The minimum Gasteiger partial charge on any atom is -0.457 e. The number of carbonyl (C=O) groups is 1. The maximum atomic E-state index is 12.1. The molecule has 0 fully saturated rings. The molecule has 5 aromatic rings. The van der Waals surface area contributed by atoms with Crippen molar-refractivity contribution < 1.29 is 9.53 Å². The molecule has 0 aliphatic rings. The number of fused-ring (bicyclic) bond motifs is 3. The Hall–Kier alpha value is -3.76. The molecule has 4 nitrogen and oxygen atoms in total. The van der Waals surface area contributed by atoms with Crippen LogP contribution in [0.2, 0.25) is 5.02 Å². The molecule has 1 aromatic heterocycles. The highest BCUT2D eigenvalue weighted by Gasteiger charge is 2.18. The first-order valence-corrected chi connectivity index (χ1v) is 10.2. The minimum atomic E-state index is -0.476. The highest BCUT2D eigenvalue weighted by Crippen LogP contribution is 2.36. The van der Waals surface area contributed by atoms with Crippen molar-refractivity contribution in [3.63, 3.8) is 0 Å². The highest BCUT2D eigenvalue weighted by molar-refractivity contribution is 6.36. The van der Waals surface area contributed by atoms with Crippen LogP contribution >= 0.6 is 11.6 Å². The molecule has 5 rings (SSSR count). The Bertz CT molecular complexity index is 1420. The SMILES string of the molecule is NC(=O)c1cccc2c1c1[c]ccc(Cl)c1n2Cc1cccc(Oc2ccccc2)c1. The van der Waals surface area contributed by atoms with Crippen LogP contribution in [-0.2, 0) is 6.54 Å². The van der Waals surface area contributed by atoms with Crippen LogP contribution in [0.5, 0.6) is 11.5 Å². The molecule has 5 heteroatoms. The average molecular weight is 426 g/mol. The molecule has 1 amide bonds. The van der Waals surface area contributed by atoms with Crippen molar-refractivity contribution in [3.05, 3.63) is 107 Å². The lowest BCUT2D eigenvalue weighted by Gasteiger charge is -2.11. The third-order valence-corrected chi connectivity index (χ3v) is 5.56. The molecule has 0 spiro atoms. The summed E-state index contributed by atoms with van der Waals surface area (Å²) >= 11 is 6.59. The third kappa shape index (κ3) is 3.51. The molecule has 151 valence electrons. The van der Waals surface area contributed by atoms with Gasteiger partial charge in [0.2, 0.25) is 5.91 Å². The Balaban J connectivity index is 1.63. The smallest absolute Gasteiger partial charge is 0.249 e. The molecule has 2 N–H and O–H groups in total. The molecule has 0 atom stereocenters. The lowest BCUT2D eigenvalue weighted by atomic mass is 10.1. The molecule has 1 radical (unpaired) electrons. The van der Waals surface area contributed by atoms with Crippen LogP contribution in [0.3, 0.4) is 0 Å². The molecule has 0 aliphatic heterocycles. The summed E-state index contributed by atoms with van der Waals surface area (Å²) in [6, 6.07) is 29.9. The Morgan fingerprint density at radius 3 is 2.55 bits per heavy atom. The predicted octanol–water partition coefficient (Wildman–Crippen LogP) is 6.19. The van der Waals surface area contributed by atoms with Gasteiger partial charge in [0.25, 0.3) is 0 Å². The van der Waals surface area contributed by atoms with E-state index < -0.39 is 5.91 Å². The van der Waals surface area contributed by atoms with E-state index in [4.69, 9.17) is 22.1 Å². The van der Waals surface area contributed by atoms with Gasteiger partial charge in [0, 0.05) is 22.9 Å². The number of nitrogens with zero attached hydrogens (tertiary/aromatic N) is 1. The Morgan fingerprint density at radius 1 is 0.968 bits per heavy atom. The van der Waals surface area contributed by atoms with E-state index in [1.807, 2.05) is 66.7 Å². The molecular formula is C26H18ClN2O2. The van der Waals surface area contributed by atoms with Gasteiger partial charge in [-0.25, -0.2) is 0 Å². The standard InChI is InChI=1S/C26H18ClN2O2/c27-22-13-5-11-20-24-21(26(28)30)12-6-14-23(24)29(25(20)22)16-17-7-4-10-19(15-17)31-18-8-2-1-3-9-18/h1-10,12-15H,16H2,(H2,28,30). The fourth-order valence-electron chi connectivity index (χ4n) is 3.95. The van der Waals surface area contributed by atoms with E-state index >= 15 is 0 Å². The van der Waals surface area contributed by atoms with E-state index in [2.05, 4.69) is 10.6 Å². The van der Waals surface area contributed by atoms with Crippen LogP contribution in [0, 0.1) is 6.07 Å². The van der Waals surface area contributed by atoms with Gasteiger partial charge in [0.15, 0.2) is 0 Å². The van der Waals surface area contributed by atoms with Gasteiger partial charge in [-0.15, -0.1) is 0 Å². The van der Waals surface area contributed by atoms with Crippen molar-refractivity contribution in [2.24, 2.45) is 5.73 Å².